The van der Waals surface area contributed by atoms with Gasteiger partial charge in [0.2, 0.25) is 0 Å². The molecule has 1 aromatic rings. The molecule has 0 N–H and O–H groups in total. The summed E-state index contributed by atoms with van der Waals surface area (Å²) in [6.07, 6.45) is 0. The van der Waals surface area contributed by atoms with E-state index in [1.54, 1.807) is 12.1 Å². The van der Waals surface area contributed by atoms with Crippen LogP contribution in [-0.4, -0.2) is 0 Å². The molecule has 0 unspecified atom stereocenters. The average Bonchev–Trinajstić information content (AvgIpc) is 1.94. The van der Waals surface area contributed by atoms with E-state index in [2.05, 4.69) is 15.9 Å². The molecule has 0 saturated heterocycles. The van der Waals surface area contributed by atoms with Crippen molar-refractivity contribution in [3.63, 3.8) is 0 Å². The van der Waals surface area contributed by atoms with Crippen LogP contribution >= 0.6 is 27.5 Å². The SMILES string of the molecule is Fc1ccc(Br)cc1CCl. The van der Waals surface area contributed by atoms with Gasteiger partial charge in [-0.3, -0.25) is 0 Å². The van der Waals surface area contributed by atoms with E-state index >= 15 is 0 Å². The van der Waals surface area contributed by atoms with Crippen LogP contribution < -0.4 is 0 Å². The van der Waals surface area contributed by atoms with E-state index in [9.17, 15) is 4.39 Å². The zero-order valence-corrected chi connectivity index (χ0v) is 7.41. The number of halogens is 3. The lowest BCUT2D eigenvalue weighted by Crippen LogP contribution is -1.84. The van der Waals surface area contributed by atoms with Crippen molar-refractivity contribution in [2.75, 3.05) is 0 Å². The van der Waals surface area contributed by atoms with E-state index in [1.165, 1.54) is 6.07 Å². The fourth-order valence-electron chi connectivity index (χ4n) is 0.646. The Kier molecular flexibility index (Phi) is 2.69. The number of benzene rings is 1. The first kappa shape index (κ1) is 8.02. The molecule has 3 heteroatoms. The van der Waals surface area contributed by atoms with Crippen LogP contribution in [0.15, 0.2) is 22.7 Å². The first-order valence-corrected chi connectivity index (χ1v) is 4.06. The van der Waals surface area contributed by atoms with Crippen molar-refractivity contribution in [3.05, 3.63) is 34.1 Å². The Morgan fingerprint density at radius 2 is 2.20 bits per heavy atom. The quantitative estimate of drug-likeness (QED) is 0.641. The molecule has 0 aliphatic heterocycles. The summed E-state index contributed by atoms with van der Waals surface area (Å²) in [4.78, 5) is 0. The lowest BCUT2D eigenvalue weighted by Gasteiger charge is -1.96. The highest BCUT2D eigenvalue weighted by Crippen LogP contribution is 2.16. The van der Waals surface area contributed by atoms with Gasteiger partial charge in [-0.1, -0.05) is 15.9 Å². The third kappa shape index (κ3) is 1.70. The van der Waals surface area contributed by atoms with Crippen LogP contribution in [0, 0.1) is 5.82 Å². The third-order valence-electron chi connectivity index (χ3n) is 1.15. The predicted molar refractivity (Wildman–Crippen MR) is 43.7 cm³/mol. The number of alkyl halides is 1. The summed E-state index contributed by atoms with van der Waals surface area (Å²) in [6, 6.07) is 4.70. The monoisotopic (exact) mass is 222 g/mol. The Labute approximate surface area is 72.1 Å². The van der Waals surface area contributed by atoms with Crippen LogP contribution in [0.1, 0.15) is 5.56 Å². The van der Waals surface area contributed by atoms with Gasteiger partial charge in [-0.15, -0.1) is 11.6 Å². The molecule has 0 fully saturated rings. The van der Waals surface area contributed by atoms with Crippen LogP contribution in [0.4, 0.5) is 4.39 Å². The summed E-state index contributed by atoms with van der Waals surface area (Å²) in [5, 5.41) is 0. The molecule has 0 atom stereocenters. The second-order valence-electron chi connectivity index (χ2n) is 1.87. The summed E-state index contributed by atoms with van der Waals surface area (Å²) in [5.74, 6) is -0.0381. The third-order valence-corrected chi connectivity index (χ3v) is 1.93. The maximum absolute atomic E-state index is 12.7. The minimum Gasteiger partial charge on any atom is -0.207 e. The van der Waals surface area contributed by atoms with Crippen molar-refractivity contribution in [1.82, 2.24) is 0 Å². The largest absolute Gasteiger partial charge is 0.207 e. The Morgan fingerprint density at radius 1 is 1.50 bits per heavy atom. The minimum absolute atomic E-state index is 0.214. The molecule has 0 radical (unpaired) electrons. The maximum atomic E-state index is 12.7. The molecule has 0 aliphatic rings. The van der Waals surface area contributed by atoms with Gasteiger partial charge in [0, 0.05) is 10.0 Å². The Balaban J connectivity index is 3.09. The van der Waals surface area contributed by atoms with E-state index in [0.29, 0.717) is 5.56 Å². The van der Waals surface area contributed by atoms with Crippen molar-refractivity contribution >= 4 is 27.5 Å². The van der Waals surface area contributed by atoms with Crippen LogP contribution in [0.5, 0.6) is 0 Å². The Hall–Kier alpha value is -0.0800. The van der Waals surface area contributed by atoms with E-state index < -0.39 is 0 Å². The molecular formula is C7H5BrClF. The van der Waals surface area contributed by atoms with Gasteiger partial charge in [-0.05, 0) is 18.2 Å². The lowest BCUT2D eigenvalue weighted by molar-refractivity contribution is 0.616. The summed E-state index contributed by atoms with van der Waals surface area (Å²) in [6.45, 7) is 0. The van der Waals surface area contributed by atoms with Gasteiger partial charge >= 0.3 is 0 Å². The van der Waals surface area contributed by atoms with Crippen LogP contribution in [0.2, 0.25) is 0 Å². The van der Waals surface area contributed by atoms with E-state index in [4.69, 9.17) is 11.6 Å². The van der Waals surface area contributed by atoms with Crippen molar-refractivity contribution in [3.8, 4) is 0 Å². The topological polar surface area (TPSA) is 0 Å². The molecule has 0 heterocycles. The highest BCUT2D eigenvalue weighted by atomic mass is 79.9. The normalized spacial score (nSPS) is 9.90. The van der Waals surface area contributed by atoms with E-state index in [1.807, 2.05) is 0 Å². The second kappa shape index (κ2) is 3.35. The smallest absolute Gasteiger partial charge is 0.127 e. The lowest BCUT2D eigenvalue weighted by atomic mass is 10.2. The highest BCUT2D eigenvalue weighted by Gasteiger charge is 1.99. The minimum atomic E-state index is -0.252. The zero-order valence-electron chi connectivity index (χ0n) is 5.07. The number of rotatable bonds is 1. The van der Waals surface area contributed by atoms with Gasteiger partial charge in [-0.25, -0.2) is 4.39 Å². The second-order valence-corrected chi connectivity index (χ2v) is 3.05. The molecule has 0 saturated carbocycles. The Morgan fingerprint density at radius 3 is 2.70 bits per heavy atom. The van der Waals surface area contributed by atoms with Gasteiger partial charge in [0.15, 0.2) is 0 Å². The molecule has 0 aliphatic carbocycles. The van der Waals surface area contributed by atoms with Crippen LogP contribution in [0.25, 0.3) is 0 Å². The molecule has 0 bridgehead atoms. The first-order chi connectivity index (χ1) is 4.74. The van der Waals surface area contributed by atoms with E-state index in [0.717, 1.165) is 4.47 Å². The molecule has 0 aromatic heterocycles. The zero-order chi connectivity index (χ0) is 7.56. The molecule has 0 spiro atoms. The fraction of sp³-hybridized carbons (Fsp3) is 0.143. The molecule has 1 rings (SSSR count). The standard InChI is InChI=1S/C7H5BrClF/c8-6-1-2-7(10)5(3-6)4-9/h1-3H,4H2. The van der Waals surface area contributed by atoms with Crippen molar-refractivity contribution in [1.29, 1.82) is 0 Å². The van der Waals surface area contributed by atoms with Gasteiger partial charge in [0.05, 0.1) is 5.88 Å². The van der Waals surface area contributed by atoms with Gasteiger partial charge in [0.25, 0.3) is 0 Å². The van der Waals surface area contributed by atoms with Crippen LogP contribution in [-0.2, 0) is 5.88 Å². The Bertz CT molecular complexity index is 237. The van der Waals surface area contributed by atoms with Gasteiger partial charge in [0.1, 0.15) is 5.82 Å². The molecule has 54 valence electrons. The first-order valence-electron chi connectivity index (χ1n) is 2.74. The molecule has 0 amide bonds. The summed E-state index contributed by atoms with van der Waals surface area (Å²) >= 11 is 8.66. The number of hydrogen-bond acceptors (Lipinski definition) is 0. The van der Waals surface area contributed by atoms with Crippen LogP contribution in [0.3, 0.4) is 0 Å². The maximum Gasteiger partial charge on any atom is 0.127 e. The molecular weight excluding hydrogens is 218 g/mol. The number of hydrogen-bond donors (Lipinski definition) is 0. The molecule has 1 aromatic carbocycles. The fourth-order valence-corrected chi connectivity index (χ4v) is 1.26. The summed E-state index contributed by atoms with van der Waals surface area (Å²) in [7, 11) is 0. The molecule has 0 nitrogen and oxygen atoms in total. The van der Waals surface area contributed by atoms with Crippen molar-refractivity contribution in [2.45, 2.75) is 5.88 Å². The van der Waals surface area contributed by atoms with Gasteiger partial charge < -0.3 is 0 Å². The van der Waals surface area contributed by atoms with Crippen molar-refractivity contribution in [2.24, 2.45) is 0 Å². The van der Waals surface area contributed by atoms with Gasteiger partial charge in [-0.2, -0.15) is 0 Å². The highest BCUT2D eigenvalue weighted by molar-refractivity contribution is 9.10. The van der Waals surface area contributed by atoms with Crippen molar-refractivity contribution < 1.29 is 4.39 Å². The molecule has 10 heavy (non-hydrogen) atoms. The predicted octanol–water partition coefficient (Wildman–Crippen LogP) is 3.33. The van der Waals surface area contributed by atoms with E-state index in [-0.39, 0.29) is 11.7 Å². The summed E-state index contributed by atoms with van der Waals surface area (Å²) < 4.78 is 13.5. The summed E-state index contributed by atoms with van der Waals surface area (Å²) in [5.41, 5.74) is 0.524. The average molecular weight is 223 g/mol.